The molecule has 0 bridgehead atoms. The molecule has 110 valence electrons. The van der Waals surface area contributed by atoms with Gasteiger partial charge in [0.15, 0.2) is 0 Å². The van der Waals surface area contributed by atoms with Gasteiger partial charge in [-0.15, -0.1) is 0 Å². The SMILES string of the molecule is Cc1cc(Br)c(NC(=O)c2cc(Cl)nc(NN)c2)c(Br)c1. The third kappa shape index (κ3) is 3.94. The van der Waals surface area contributed by atoms with Crippen LogP contribution >= 0.6 is 43.5 Å². The molecule has 0 saturated carbocycles. The fourth-order valence-electron chi connectivity index (χ4n) is 1.71. The van der Waals surface area contributed by atoms with Gasteiger partial charge in [0.05, 0.1) is 5.69 Å². The van der Waals surface area contributed by atoms with Crippen LogP contribution < -0.4 is 16.6 Å². The van der Waals surface area contributed by atoms with Gasteiger partial charge in [0.2, 0.25) is 0 Å². The van der Waals surface area contributed by atoms with Gasteiger partial charge in [-0.1, -0.05) is 11.6 Å². The molecule has 2 rings (SSSR count). The van der Waals surface area contributed by atoms with Gasteiger partial charge in [0.25, 0.3) is 5.91 Å². The third-order valence-electron chi connectivity index (χ3n) is 2.63. The van der Waals surface area contributed by atoms with Crippen LogP contribution in [0.5, 0.6) is 0 Å². The molecule has 1 amide bonds. The summed E-state index contributed by atoms with van der Waals surface area (Å²) in [6.45, 7) is 1.96. The van der Waals surface area contributed by atoms with E-state index in [1.54, 1.807) is 0 Å². The molecule has 1 aromatic carbocycles. The van der Waals surface area contributed by atoms with Gasteiger partial charge in [-0.3, -0.25) is 4.79 Å². The fraction of sp³-hybridized carbons (Fsp3) is 0.0769. The van der Waals surface area contributed by atoms with Gasteiger partial charge in [-0.2, -0.15) is 0 Å². The molecule has 5 nitrogen and oxygen atoms in total. The van der Waals surface area contributed by atoms with E-state index in [1.807, 2.05) is 19.1 Å². The van der Waals surface area contributed by atoms with Crippen LogP contribution in [0.1, 0.15) is 15.9 Å². The number of aryl methyl sites for hydroxylation is 1. The highest BCUT2D eigenvalue weighted by Crippen LogP contribution is 2.32. The molecule has 0 radical (unpaired) electrons. The normalized spacial score (nSPS) is 10.3. The van der Waals surface area contributed by atoms with Crippen LogP contribution in [-0.2, 0) is 0 Å². The molecule has 1 aromatic heterocycles. The zero-order valence-electron chi connectivity index (χ0n) is 10.9. The number of aromatic nitrogens is 1. The van der Waals surface area contributed by atoms with E-state index in [1.165, 1.54) is 12.1 Å². The number of amides is 1. The summed E-state index contributed by atoms with van der Waals surface area (Å²) in [7, 11) is 0. The summed E-state index contributed by atoms with van der Waals surface area (Å²) < 4.78 is 1.56. The van der Waals surface area contributed by atoms with Crippen LogP contribution in [0.25, 0.3) is 0 Å². The van der Waals surface area contributed by atoms with E-state index >= 15 is 0 Å². The average molecular weight is 435 g/mol. The molecular weight excluding hydrogens is 423 g/mol. The van der Waals surface area contributed by atoms with Crippen molar-refractivity contribution in [3.63, 3.8) is 0 Å². The summed E-state index contributed by atoms with van der Waals surface area (Å²) in [4.78, 5) is 16.2. The largest absolute Gasteiger partial charge is 0.320 e. The molecule has 0 aliphatic heterocycles. The van der Waals surface area contributed by atoms with Crippen LogP contribution in [0.4, 0.5) is 11.5 Å². The number of anilines is 2. The quantitative estimate of drug-likeness (QED) is 0.386. The van der Waals surface area contributed by atoms with E-state index in [0.29, 0.717) is 17.1 Å². The van der Waals surface area contributed by atoms with Gasteiger partial charge in [0, 0.05) is 14.5 Å². The van der Waals surface area contributed by atoms with E-state index in [0.717, 1.165) is 14.5 Å². The van der Waals surface area contributed by atoms with Gasteiger partial charge in [0.1, 0.15) is 11.0 Å². The predicted octanol–water partition coefficient (Wildman–Crippen LogP) is 4.11. The lowest BCUT2D eigenvalue weighted by molar-refractivity contribution is 0.102. The highest BCUT2D eigenvalue weighted by atomic mass is 79.9. The van der Waals surface area contributed by atoms with Crippen LogP contribution in [-0.4, -0.2) is 10.9 Å². The Labute approximate surface area is 143 Å². The van der Waals surface area contributed by atoms with E-state index in [2.05, 4.69) is 47.6 Å². The van der Waals surface area contributed by atoms with Crippen molar-refractivity contribution in [2.24, 2.45) is 5.84 Å². The Morgan fingerprint density at radius 1 is 1.24 bits per heavy atom. The Bertz CT molecular complexity index is 686. The minimum atomic E-state index is -0.318. The van der Waals surface area contributed by atoms with Crippen molar-refractivity contribution < 1.29 is 4.79 Å². The summed E-state index contributed by atoms with van der Waals surface area (Å²) in [5.74, 6) is 5.28. The number of pyridine rings is 1. The zero-order valence-corrected chi connectivity index (χ0v) is 14.8. The zero-order chi connectivity index (χ0) is 15.6. The number of hydrazine groups is 1. The van der Waals surface area contributed by atoms with Gasteiger partial charge < -0.3 is 10.7 Å². The van der Waals surface area contributed by atoms with Crippen LogP contribution in [0.15, 0.2) is 33.2 Å². The highest BCUT2D eigenvalue weighted by molar-refractivity contribution is 9.11. The van der Waals surface area contributed by atoms with E-state index in [4.69, 9.17) is 17.4 Å². The molecular formula is C13H11Br2ClN4O. The Morgan fingerprint density at radius 2 is 1.86 bits per heavy atom. The van der Waals surface area contributed by atoms with E-state index in [9.17, 15) is 4.79 Å². The molecule has 21 heavy (non-hydrogen) atoms. The molecule has 0 fully saturated rings. The topological polar surface area (TPSA) is 80.0 Å². The van der Waals surface area contributed by atoms with Crippen LogP contribution in [0.2, 0.25) is 5.15 Å². The summed E-state index contributed by atoms with van der Waals surface area (Å²) in [6, 6.07) is 6.80. The number of nitrogens with two attached hydrogens (primary N) is 1. The number of nitrogens with zero attached hydrogens (tertiary/aromatic N) is 1. The molecule has 4 N–H and O–H groups in total. The molecule has 0 saturated heterocycles. The number of halogens is 3. The molecule has 8 heteroatoms. The first kappa shape index (κ1) is 16.2. The second-order valence-electron chi connectivity index (χ2n) is 4.27. The molecule has 0 aliphatic rings. The Balaban J connectivity index is 2.32. The van der Waals surface area contributed by atoms with Crippen molar-refractivity contribution >= 4 is 60.9 Å². The molecule has 2 aromatic rings. The maximum absolute atomic E-state index is 12.3. The highest BCUT2D eigenvalue weighted by Gasteiger charge is 2.13. The molecule has 1 heterocycles. The van der Waals surface area contributed by atoms with Gasteiger partial charge in [-0.25, -0.2) is 10.8 Å². The standard InChI is InChI=1S/C13H11Br2ClN4O/c1-6-2-8(14)12(9(15)3-6)19-13(21)7-4-10(16)18-11(5-7)20-17/h2-5H,17H2,1H3,(H,18,20)(H,19,21). The number of carbonyl (C=O) groups is 1. The number of benzene rings is 1. The molecule has 0 atom stereocenters. The third-order valence-corrected chi connectivity index (χ3v) is 4.07. The summed E-state index contributed by atoms with van der Waals surface area (Å²) in [5, 5.41) is 2.99. The van der Waals surface area contributed by atoms with Gasteiger partial charge >= 0.3 is 0 Å². The van der Waals surface area contributed by atoms with Crippen molar-refractivity contribution in [2.45, 2.75) is 6.92 Å². The number of hydrogen-bond donors (Lipinski definition) is 3. The number of hydrogen-bond acceptors (Lipinski definition) is 4. The summed E-state index contributed by atoms with van der Waals surface area (Å²) in [6.07, 6.45) is 0. The van der Waals surface area contributed by atoms with Gasteiger partial charge in [-0.05, 0) is 68.6 Å². The van der Waals surface area contributed by atoms with E-state index in [-0.39, 0.29) is 11.1 Å². The lowest BCUT2D eigenvalue weighted by Gasteiger charge is -2.11. The number of carbonyl (C=O) groups excluding carboxylic acids is 1. The fourth-order valence-corrected chi connectivity index (χ4v) is 3.53. The minimum Gasteiger partial charge on any atom is -0.320 e. The first-order valence-corrected chi connectivity index (χ1v) is 7.78. The lowest BCUT2D eigenvalue weighted by atomic mass is 10.2. The second-order valence-corrected chi connectivity index (χ2v) is 6.36. The number of nitrogens with one attached hydrogen (secondary N) is 2. The smallest absolute Gasteiger partial charge is 0.255 e. The maximum atomic E-state index is 12.3. The molecule has 0 unspecified atom stereocenters. The Hall–Kier alpha value is -1.15. The van der Waals surface area contributed by atoms with Crippen molar-refractivity contribution in [1.82, 2.24) is 4.98 Å². The van der Waals surface area contributed by atoms with E-state index < -0.39 is 0 Å². The minimum absolute atomic E-state index is 0.178. The first-order valence-electron chi connectivity index (χ1n) is 5.82. The number of nitrogen functional groups attached to an aromatic ring is 1. The summed E-state index contributed by atoms with van der Waals surface area (Å²) in [5.41, 5.74) is 4.42. The van der Waals surface area contributed by atoms with Crippen molar-refractivity contribution in [1.29, 1.82) is 0 Å². The van der Waals surface area contributed by atoms with Crippen molar-refractivity contribution in [3.8, 4) is 0 Å². The second kappa shape index (κ2) is 6.74. The molecule has 0 spiro atoms. The lowest BCUT2D eigenvalue weighted by Crippen LogP contribution is -2.15. The average Bonchev–Trinajstić information content (AvgIpc) is 2.41. The maximum Gasteiger partial charge on any atom is 0.255 e. The monoisotopic (exact) mass is 432 g/mol. The predicted molar refractivity (Wildman–Crippen MR) is 91.6 cm³/mol. The van der Waals surface area contributed by atoms with Crippen LogP contribution in [0.3, 0.4) is 0 Å². The Morgan fingerprint density at radius 3 is 2.43 bits per heavy atom. The molecule has 0 aliphatic carbocycles. The van der Waals surface area contributed by atoms with Crippen LogP contribution in [0, 0.1) is 6.92 Å². The van der Waals surface area contributed by atoms with Crippen molar-refractivity contribution in [2.75, 3.05) is 10.7 Å². The summed E-state index contributed by atoms with van der Waals surface area (Å²) >= 11 is 12.7. The number of rotatable bonds is 3. The van der Waals surface area contributed by atoms with Crippen molar-refractivity contribution in [3.05, 3.63) is 49.5 Å². The first-order chi connectivity index (χ1) is 9.90. The Kier molecular flexibility index (Phi) is 5.21.